The third-order valence-corrected chi connectivity index (χ3v) is 4.03. The zero-order valence-corrected chi connectivity index (χ0v) is 11.2. The number of aromatic nitrogens is 2. The first-order chi connectivity index (χ1) is 8.93. The Kier molecular flexibility index (Phi) is 3.59. The van der Waals surface area contributed by atoms with Gasteiger partial charge in [-0.3, -0.25) is 14.7 Å². The summed E-state index contributed by atoms with van der Waals surface area (Å²) in [6, 6.07) is 0. The van der Waals surface area contributed by atoms with E-state index in [0.29, 0.717) is 18.7 Å². The number of H-pyrrole nitrogens is 1. The molecule has 1 saturated heterocycles. The van der Waals surface area contributed by atoms with E-state index in [1.807, 2.05) is 0 Å². The van der Waals surface area contributed by atoms with Crippen LogP contribution >= 0.6 is 0 Å². The van der Waals surface area contributed by atoms with Crippen LogP contribution in [0.5, 0.6) is 0 Å². The average Bonchev–Trinajstić information content (AvgIpc) is 2.91. The van der Waals surface area contributed by atoms with Gasteiger partial charge in [-0.25, -0.2) is 0 Å². The second-order valence-corrected chi connectivity index (χ2v) is 5.60. The maximum atomic E-state index is 12.2. The summed E-state index contributed by atoms with van der Waals surface area (Å²) in [6.07, 6.45) is 4.74. The third-order valence-electron chi connectivity index (χ3n) is 4.03. The normalized spacial score (nSPS) is 20.3. The molecule has 2 rings (SSSR count). The molecule has 1 fully saturated rings. The van der Waals surface area contributed by atoms with Crippen molar-refractivity contribution in [3.63, 3.8) is 0 Å². The lowest BCUT2D eigenvalue weighted by molar-refractivity contribution is -0.151. The number of likely N-dealkylation sites (tertiary alicyclic amines) is 1. The van der Waals surface area contributed by atoms with E-state index in [1.54, 1.807) is 24.9 Å². The Hall–Kier alpha value is -1.85. The van der Waals surface area contributed by atoms with Crippen LogP contribution in [0.1, 0.15) is 37.0 Å². The lowest BCUT2D eigenvalue weighted by Gasteiger charge is -2.39. The van der Waals surface area contributed by atoms with Crippen LogP contribution in [0.3, 0.4) is 0 Å². The maximum absolute atomic E-state index is 12.2. The molecular weight excluding hydrogens is 246 g/mol. The monoisotopic (exact) mass is 265 g/mol. The number of hydrogen-bond donors (Lipinski definition) is 2. The molecule has 0 saturated carbocycles. The number of aliphatic carboxylic acids is 1. The number of aromatic amines is 1. The van der Waals surface area contributed by atoms with Crippen LogP contribution in [0.2, 0.25) is 0 Å². The molecule has 0 aromatic carbocycles. The number of carbonyl (C=O) groups excluding carboxylic acids is 1. The van der Waals surface area contributed by atoms with Crippen molar-refractivity contribution in [1.29, 1.82) is 0 Å². The van der Waals surface area contributed by atoms with Crippen LogP contribution in [0.15, 0.2) is 12.4 Å². The van der Waals surface area contributed by atoms with E-state index < -0.39 is 11.4 Å². The zero-order valence-electron chi connectivity index (χ0n) is 11.2. The minimum Gasteiger partial charge on any atom is -0.481 e. The van der Waals surface area contributed by atoms with Gasteiger partial charge >= 0.3 is 5.97 Å². The highest BCUT2D eigenvalue weighted by atomic mass is 16.4. The molecular formula is C13H19N3O3. The Balaban J connectivity index is 2.09. The first-order valence-corrected chi connectivity index (χ1v) is 6.44. The van der Waals surface area contributed by atoms with E-state index >= 15 is 0 Å². The summed E-state index contributed by atoms with van der Waals surface area (Å²) in [5.74, 6) is -0.913. The first kappa shape index (κ1) is 13.6. The van der Waals surface area contributed by atoms with E-state index in [0.717, 1.165) is 12.8 Å². The Morgan fingerprint density at radius 1 is 1.53 bits per heavy atom. The molecule has 1 amide bonds. The Morgan fingerprint density at radius 3 is 2.84 bits per heavy atom. The quantitative estimate of drug-likeness (QED) is 0.864. The SMILES string of the molecule is CC(C)(C(=O)O)C1CCCN(C(=O)c2cn[nH]c2)C1. The fourth-order valence-electron chi connectivity index (χ4n) is 2.48. The van der Waals surface area contributed by atoms with E-state index in [1.165, 1.54) is 6.20 Å². The van der Waals surface area contributed by atoms with Crippen LogP contribution in [0, 0.1) is 11.3 Å². The second kappa shape index (κ2) is 5.03. The Morgan fingerprint density at radius 2 is 2.26 bits per heavy atom. The summed E-state index contributed by atoms with van der Waals surface area (Å²) < 4.78 is 0. The molecule has 1 atom stereocenters. The number of nitrogens with zero attached hydrogens (tertiary/aromatic N) is 2. The minimum absolute atomic E-state index is 0.0189. The molecule has 1 aliphatic rings. The molecule has 1 aromatic rings. The van der Waals surface area contributed by atoms with Crippen LogP contribution in [-0.2, 0) is 4.79 Å². The van der Waals surface area contributed by atoms with E-state index in [-0.39, 0.29) is 11.8 Å². The summed E-state index contributed by atoms with van der Waals surface area (Å²) in [7, 11) is 0. The predicted octanol–water partition coefficient (Wildman–Crippen LogP) is 1.37. The topological polar surface area (TPSA) is 86.3 Å². The molecule has 1 unspecified atom stereocenters. The Bertz CT molecular complexity index is 467. The van der Waals surface area contributed by atoms with Crippen molar-refractivity contribution in [2.75, 3.05) is 13.1 Å². The third kappa shape index (κ3) is 2.62. The van der Waals surface area contributed by atoms with Gasteiger partial charge in [0.25, 0.3) is 5.91 Å². The molecule has 0 radical (unpaired) electrons. The first-order valence-electron chi connectivity index (χ1n) is 6.44. The van der Waals surface area contributed by atoms with Crippen LogP contribution < -0.4 is 0 Å². The second-order valence-electron chi connectivity index (χ2n) is 5.60. The highest BCUT2D eigenvalue weighted by molar-refractivity contribution is 5.93. The average molecular weight is 265 g/mol. The zero-order chi connectivity index (χ0) is 14.0. The van der Waals surface area contributed by atoms with Crippen molar-refractivity contribution in [2.45, 2.75) is 26.7 Å². The number of carbonyl (C=O) groups is 2. The van der Waals surface area contributed by atoms with Gasteiger partial charge in [0.05, 0.1) is 17.2 Å². The number of rotatable bonds is 3. The Labute approximate surface area is 111 Å². The molecule has 0 spiro atoms. The largest absolute Gasteiger partial charge is 0.481 e. The summed E-state index contributed by atoms with van der Waals surface area (Å²) >= 11 is 0. The van der Waals surface area contributed by atoms with Gasteiger partial charge in [-0.15, -0.1) is 0 Å². The lowest BCUT2D eigenvalue weighted by atomic mass is 9.74. The number of piperidine rings is 1. The number of hydrogen-bond acceptors (Lipinski definition) is 3. The van der Waals surface area contributed by atoms with Crippen molar-refractivity contribution < 1.29 is 14.7 Å². The number of carboxylic acids is 1. The van der Waals surface area contributed by atoms with Gasteiger partial charge in [-0.2, -0.15) is 5.10 Å². The fraction of sp³-hybridized carbons (Fsp3) is 0.615. The maximum Gasteiger partial charge on any atom is 0.309 e. The van der Waals surface area contributed by atoms with E-state index in [9.17, 15) is 14.7 Å². The van der Waals surface area contributed by atoms with Crippen LogP contribution in [-0.4, -0.2) is 45.2 Å². The van der Waals surface area contributed by atoms with Gasteiger partial charge in [-0.1, -0.05) is 0 Å². The minimum atomic E-state index is -0.810. The van der Waals surface area contributed by atoms with Crippen molar-refractivity contribution in [3.05, 3.63) is 18.0 Å². The lowest BCUT2D eigenvalue weighted by Crippen LogP contribution is -2.46. The molecule has 0 aliphatic carbocycles. The van der Waals surface area contributed by atoms with Gasteiger partial charge in [0.15, 0.2) is 0 Å². The van der Waals surface area contributed by atoms with Gasteiger partial charge in [-0.05, 0) is 32.6 Å². The van der Waals surface area contributed by atoms with Gasteiger partial charge in [0, 0.05) is 19.3 Å². The molecule has 19 heavy (non-hydrogen) atoms. The highest BCUT2D eigenvalue weighted by Crippen LogP contribution is 2.34. The standard InChI is InChI=1S/C13H19N3O3/c1-13(2,12(18)19)10-4-3-5-16(8-10)11(17)9-6-14-15-7-9/h6-7,10H,3-5,8H2,1-2H3,(H,14,15)(H,18,19). The predicted molar refractivity (Wildman–Crippen MR) is 68.6 cm³/mol. The molecule has 104 valence electrons. The van der Waals surface area contributed by atoms with Gasteiger partial charge in [0.1, 0.15) is 0 Å². The number of nitrogens with one attached hydrogen (secondary N) is 1. The van der Waals surface area contributed by atoms with Crippen LogP contribution in [0.25, 0.3) is 0 Å². The molecule has 2 heterocycles. The molecule has 2 N–H and O–H groups in total. The molecule has 6 nitrogen and oxygen atoms in total. The van der Waals surface area contributed by atoms with Gasteiger partial charge in [0.2, 0.25) is 0 Å². The van der Waals surface area contributed by atoms with E-state index in [4.69, 9.17) is 0 Å². The number of amides is 1. The van der Waals surface area contributed by atoms with Crippen molar-refractivity contribution in [1.82, 2.24) is 15.1 Å². The summed E-state index contributed by atoms with van der Waals surface area (Å²) in [6.45, 7) is 4.62. The fourth-order valence-corrected chi connectivity index (χ4v) is 2.48. The summed E-state index contributed by atoms with van der Waals surface area (Å²) in [4.78, 5) is 25.3. The van der Waals surface area contributed by atoms with Crippen molar-refractivity contribution in [3.8, 4) is 0 Å². The highest BCUT2D eigenvalue weighted by Gasteiger charge is 2.40. The van der Waals surface area contributed by atoms with Crippen molar-refractivity contribution >= 4 is 11.9 Å². The smallest absolute Gasteiger partial charge is 0.309 e. The molecule has 6 heteroatoms. The molecule has 1 aliphatic heterocycles. The van der Waals surface area contributed by atoms with Gasteiger partial charge < -0.3 is 10.0 Å². The summed E-state index contributed by atoms with van der Waals surface area (Å²) in [5, 5.41) is 15.7. The van der Waals surface area contributed by atoms with Crippen LogP contribution in [0.4, 0.5) is 0 Å². The number of carboxylic acid groups (broad SMARTS) is 1. The van der Waals surface area contributed by atoms with E-state index in [2.05, 4.69) is 10.2 Å². The summed E-state index contributed by atoms with van der Waals surface area (Å²) in [5.41, 5.74) is -0.288. The molecule has 1 aromatic heterocycles. The molecule has 0 bridgehead atoms. The van der Waals surface area contributed by atoms with Crippen molar-refractivity contribution in [2.24, 2.45) is 11.3 Å².